The number of benzene rings is 2. The van der Waals surface area contributed by atoms with Gasteiger partial charge in [-0.25, -0.2) is 0 Å². The Hall–Kier alpha value is -3.48. The van der Waals surface area contributed by atoms with E-state index in [0.717, 1.165) is 22.9 Å². The molecule has 2 aromatic heterocycles. The maximum Gasteiger partial charge on any atom is 0.275 e. The van der Waals surface area contributed by atoms with Crippen molar-refractivity contribution in [2.24, 2.45) is 7.05 Å². The van der Waals surface area contributed by atoms with Crippen molar-refractivity contribution < 1.29 is 9.32 Å². The van der Waals surface area contributed by atoms with Gasteiger partial charge in [0.1, 0.15) is 0 Å². The number of carbonyl (C=O) groups is 1. The molecule has 0 radical (unpaired) electrons. The number of hydrogen-bond donors (Lipinski definition) is 0. The molecule has 0 bridgehead atoms. The second-order valence-corrected chi connectivity index (χ2v) is 7.05. The number of hydrogen-bond acceptors (Lipinski definition) is 5. The Morgan fingerprint density at radius 2 is 1.89 bits per heavy atom. The maximum atomic E-state index is 13.1. The van der Waals surface area contributed by atoms with Crippen molar-refractivity contribution >= 4 is 16.8 Å². The van der Waals surface area contributed by atoms with Crippen LogP contribution in [0.3, 0.4) is 0 Å². The molecule has 1 aliphatic heterocycles. The summed E-state index contributed by atoms with van der Waals surface area (Å²) in [4.78, 5) is 19.4. The molecule has 1 atom stereocenters. The summed E-state index contributed by atoms with van der Waals surface area (Å²) in [5.41, 5.74) is 2.34. The Morgan fingerprint density at radius 3 is 2.75 bits per heavy atom. The molecule has 7 heteroatoms. The molecule has 1 amide bonds. The number of fused-ring (bicyclic) bond motifs is 1. The summed E-state index contributed by atoms with van der Waals surface area (Å²) >= 11 is 0. The van der Waals surface area contributed by atoms with Crippen LogP contribution in [0, 0.1) is 0 Å². The lowest BCUT2D eigenvalue weighted by Gasteiger charge is -2.14. The topological polar surface area (TPSA) is 77.0 Å². The van der Waals surface area contributed by atoms with E-state index in [-0.39, 0.29) is 11.8 Å². The molecule has 1 aliphatic rings. The smallest absolute Gasteiger partial charge is 0.275 e. The van der Waals surface area contributed by atoms with Crippen LogP contribution in [0.5, 0.6) is 0 Å². The van der Waals surface area contributed by atoms with Crippen molar-refractivity contribution in [1.29, 1.82) is 0 Å². The third-order valence-corrected chi connectivity index (χ3v) is 5.26. The SMILES string of the molecule is Cn1nc(C(=O)N2CC[C@H](c3noc(-c4ccccc4)n3)C2)c2ccccc21. The Morgan fingerprint density at radius 1 is 1.11 bits per heavy atom. The lowest BCUT2D eigenvalue weighted by Crippen LogP contribution is -2.29. The van der Waals surface area contributed by atoms with Gasteiger partial charge in [0.15, 0.2) is 11.5 Å². The van der Waals surface area contributed by atoms with Crippen molar-refractivity contribution in [1.82, 2.24) is 24.8 Å². The van der Waals surface area contributed by atoms with Crippen LogP contribution in [0.1, 0.15) is 28.7 Å². The normalized spacial score (nSPS) is 16.8. The number of carbonyl (C=O) groups excluding carboxylic acids is 1. The van der Waals surface area contributed by atoms with E-state index < -0.39 is 0 Å². The lowest BCUT2D eigenvalue weighted by molar-refractivity contribution is 0.0785. The van der Waals surface area contributed by atoms with E-state index in [9.17, 15) is 4.79 Å². The van der Waals surface area contributed by atoms with Crippen LogP contribution in [0.15, 0.2) is 59.1 Å². The van der Waals surface area contributed by atoms with Gasteiger partial charge >= 0.3 is 0 Å². The highest BCUT2D eigenvalue weighted by atomic mass is 16.5. The van der Waals surface area contributed by atoms with E-state index in [2.05, 4.69) is 15.2 Å². The van der Waals surface area contributed by atoms with Gasteiger partial charge in [-0.15, -0.1) is 0 Å². The number of likely N-dealkylation sites (tertiary alicyclic amines) is 1. The Labute approximate surface area is 161 Å². The first-order valence-electron chi connectivity index (χ1n) is 9.31. The van der Waals surface area contributed by atoms with Gasteiger partial charge in [0, 0.05) is 37.0 Å². The van der Waals surface area contributed by atoms with E-state index in [1.165, 1.54) is 0 Å². The quantitative estimate of drug-likeness (QED) is 0.551. The fourth-order valence-electron chi connectivity index (χ4n) is 3.78. The zero-order valence-corrected chi connectivity index (χ0v) is 15.4. The summed E-state index contributed by atoms with van der Waals surface area (Å²) in [6.07, 6.45) is 0.810. The Balaban J connectivity index is 1.36. The molecule has 4 aromatic rings. The number of aryl methyl sites for hydroxylation is 1. The molecule has 1 saturated heterocycles. The van der Waals surface area contributed by atoms with E-state index >= 15 is 0 Å². The summed E-state index contributed by atoms with van der Waals surface area (Å²) in [6.45, 7) is 1.22. The maximum absolute atomic E-state index is 13.1. The molecule has 0 spiro atoms. The summed E-state index contributed by atoms with van der Waals surface area (Å²) in [7, 11) is 1.86. The van der Waals surface area contributed by atoms with Crippen molar-refractivity contribution in [3.05, 3.63) is 66.1 Å². The van der Waals surface area contributed by atoms with Crippen LogP contribution < -0.4 is 0 Å². The highest BCUT2D eigenvalue weighted by Gasteiger charge is 2.32. The van der Waals surface area contributed by atoms with Crippen LogP contribution in [-0.2, 0) is 7.05 Å². The molecule has 2 aromatic carbocycles. The molecule has 0 unspecified atom stereocenters. The third kappa shape index (κ3) is 2.76. The first-order valence-corrected chi connectivity index (χ1v) is 9.31. The molecule has 0 aliphatic carbocycles. The van der Waals surface area contributed by atoms with Crippen molar-refractivity contribution in [2.45, 2.75) is 12.3 Å². The zero-order valence-electron chi connectivity index (χ0n) is 15.4. The third-order valence-electron chi connectivity index (χ3n) is 5.26. The van der Waals surface area contributed by atoms with Gasteiger partial charge in [-0.1, -0.05) is 41.6 Å². The fraction of sp³-hybridized carbons (Fsp3) is 0.238. The number of aromatic nitrogens is 4. The number of amides is 1. The first kappa shape index (κ1) is 16.7. The molecule has 0 saturated carbocycles. The number of nitrogens with zero attached hydrogens (tertiary/aromatic N) is 5. The number of para-hydroxylation sites is 1. The molecule has 140 valence electrons. The Kier molecular flexibility index (Phi) is 3.93. The van der Waals surface area contributed by atoms with Crippen LogP contribution in [-0.4, -0.2) is 43.8 Å². The predicted molar refractivity (Wildman–Crippen MR) is 104 cm³/mol. The van der Waals surface area contributed by atoms with Gasteiger partial charge < -0.3 is 9.42 Å². The molecule has 28 heavy (non-hydrogen) atoms. The van der Waals surface area contributed by atoms with Gasteiger partial charge in [-0.05, 0) is 24.6 Å². The van der Waals surface area contributed by atoms with E-state index in [4.69, 9.17) is 4.52 Å². The van der Waals surface area contributed by atoms with E-state index in [0.29, 0.717) is 30.5 Å². The summed E-state index contributed by atoms with van der Waals surface area (Å²) in [6, 6.07) is 17.5. The lowest BCUT2D eigenvalue weighted by atomic mass is 10.1. The Bertz CT molecular complexity index is 1150. The van der Waals surface area contributed by atoms with Crippen LogP contribution in [0.2, 0.25) is 0 Å². The second kappa shape index (κ2) is 6.60. The van der Waals surface area contributed by atoms with Crippen LogP contribution in [0.4, 0.5) is 0 Å². The van der Waals surface area contributed by atoms with Crippen molar-refractivity contribution in [3.8, 4) is 11.5 Å². The summed E-state index contributed by atoms with van der Waals surface area (Å²) in [5.74, 6) is 1.18. The summed E-state index contributed by atoms with van der Waals surface area (Å²) < 4.78 is 7.18. The molecule has 5 rings (SSSR count). The minimum Gasteiger partial charge on any atom is -0.336 e. The minimum atomic E-state index is -0.0499. The molecule has 1 fully saturated rings. The molecular formula is C21H19N5O2. The molecule has 0 N–H and O–H groups in total. The van der Waals surface area contributed by atoms with E-state index in [1.807, 2.05) is 66.5 Å². The van der Waals surface area contributed by atoms with Crippen LogP contribution in [0.25, 0.3) is 22.4 Å². The predicted octanol–water partition coefficient (Wildman–Crippen LogP) is 3.25. The average Bonchev–Trinajstić information content (AvgIpc) is 3.47. The molecular weight excluding hydrogens is 354 g/mol. The second-order valence-electron chi connectivity index (χ2n) is 7.05. The van der Waals surface area contributed by atoms with Gasteiger partial charge in [-0.2, -0.15) is 10.1 Å². The standard InChI is InChI=1S/C21H19N5O2/c1-25-17-10-6-5-9-16(17)18(23-25)21(27)26-12-11-15(13-26)19-22-20(28-24-19)14-7-3-2-4-8-14/h2-10,15H,11-13H2,1H3/t15-/m0/s1. The summed E-state index contributed by atoms with van der Waals surface area (Å²) in [5, 5.41) is 9.48. The van der Waals surface area contributed by atoms with Crippen LogP contribution >= 0.6 is 0 Å². The van der Waals surface area contributed by atoms with Crippen molar-refractivity contribution in [3.63, 3.8) is 0 Å². The minimum absolute atomic E-state index is 0.0499. The molecule has 3 heterocycles. The van der Waals surface area contributed by atoms with Gasteiger partial charge in [-0.3, -0.25) is 9.48 Å². The first-order chi connectivity index (χ1) is 13.7. The largest absolute Gasteiger partial charge is 0.336 e. The monoisotopic (exact) mass is 373 g/mol. The fourth-order valence-corrected chi connectivity index (χ4v) is 3.78. The highest BCUT2D eigenvalue weighted by molar-refractivity contribution is 6.04. The van der Waals surface area contributed by atoms with Gasteiger partial charge in [0.2, 0.25) is 0 Å². The molecule has 7 nitrogen and oxygen atoms in total. The van der Waals surface area contributed by atoms with Gasteiger partial charge in [0.25, 0.3) is 11.8 Å². The zero-order chi connectivity index (χ0) is 19.1. The number of rotatable bonds is 3. The van der Waals surface area contributed by atoms with E-state index in [1.54, 1.807) is 4.68 Å². The van der Waals surface area contributed by atoms with Crippen molar-refractivity contribution in [2.75, 3.05) is 13.1 Å². The van der Waals surface area contributed by atoms with Gasteiger partial charge in [0.05, 0.1) is 5.52 Å². The average molecular weight is 373 g/mol. The highest BCUT2D eigenvalue weighted by Crippen LogP contribution is 2.29.